The lowest BCUT2D eigenvalue weighted by Gasteiger charge is -2.35. The van der Waals surface area contributed by atoms with E-state index in [0.717, 1.165) is 12.3 Å². The van der Waals surface area contributed by atoms with Crippen LogP contribution in [0.15, 0.2) is 17.1 Å². The van der Waals surface area contributed by atoms with Gasteiger partial charge < -0.3 is 17.5 Å². The summed E-state index contributed by atoms with van der Waals surface area (Å²) in [5.41, 5.74) is 6.12. The molecule has 3 N–H and O–H groups in total. The van der Waals surface area contributed by atoms with Gasteiger partial charge in [0.25, 0.3) is 0 Å². The minimum atomic E-state index is -0.818. The zero-order valence-corrected chi connectivity index (χ0v) is 20.2. The van der Waals surface area contributed by atoms with Gasteiger partial charge in [0.2, 0.25) is 5.84 Å². The summed E-state index contributed by atoms with van der Waals surface area (Å²) >= 11 is 0. The van der Waals surface area contributed by atoms with Crippen LogP contribution in [0.1, 0.15) is 104 Å². The van der Waals surface area contributed by atoms with Crippen LogP contribution in [0.2, 0.25) is 0 Å². The molecule has 5 nitrogen and oxygen atoms in total. The van der Waals surface area contributed by atoms with Crippen LogP contribution < -0.4 is 18.1 Å². The van der Waals surface area contributed by atoms with Gasteiger partial charge in [-0.1, -0.05) is 90.0 Å². The molecule has 0 bridgehead atoms. The topological polar surface area (TPSA) is 75.7 Å². The number of aliphatic imine (C=N–C) groups is 1. The van der Waals surface area contributed by atoms with Gasteiger partial charge in [-0.15, -0.1) is 0 Å². The van der Waals surface area contributed by atoms with Crippen molar-refractivity contribution in [1.82, 2.24) is 0 Å². The molecule has 6 heteroatoms. The number of amidine groups is 1. The average Bonchev–Trinajstić information content (AvgIpc) is 3.08. The SMILES string of the molecule is CCCCCCCCCCCCCCCC=CC1=NCC[N+]1(CC(=O)O)C(C)N.[Cl-]. The molecule has 1 aliphatic rings. The van der Waals surface area contributed by atoms with E-state index in [1.165, 1.54) is 83.5 Å². The van der Waals surface area contributed by atoms with Gasteiger partial charge in [0.15, 0.2) is 6.54 Å². The summed E-state index contributed by atoms with van der Waals surface area (Å²) < 4.78 is 0.268. The molecule has 0 radical (unpaired) electrons. The van der Waals surface area contributed by atoms with Crippen molar-refractivity contribution in [3.05, 3.63) is 12.2 Å². The maximum absolute atomic E-state index is 11.3. The Labute approximate surface area is 191 Å². The second-order valence-electron chi connectivity index (χ2n) is 8.72. The van der Waals surface area contributed by atoms with Crippen molar-refractivity contribution < 1.29 is 26.8 Å². The van der Waals surface area contributed by atoms with E-state index in [2.05, 4.69) is 18.0 Å². The Morgan fingerprint density at radius 3 is 2.00 bits per heavy atom. The third kappa shape index (κ3) is 11.5. The van der Waals surface area contributed by atoms with Crippen LogP contribution in [0.3, 0.4) is 0 Å². The Kier molecular flexibility index (Phi) is 17.2. The van der Waals surface area contributed by atoms with Crippen LogP contribution in [0.25, 0.3) is 0 Å². The molecule has 30 heavy (non-hydrogen) atoms. The summed E-state index contributed by atoms with van der Waals surface area (Å²) in [6.45, 7) is 5.51. The number of allylic oxidation sites excluding steroid dienone is 1. The molecule has 1 aliphatic heterocycles. The van der Waals surface area contributed by atoms with Gasteiger partial charge in [-0.2, -0.15) is 0 Å². The number of unbranched alkanes of at least 4 members (excludes halogenated alkanes) is 13. The fourth-order valence-corrected chi connectivity index (χ4v) is 4.23. The van der Waals surface area contributed by atoms with Gasteiger partial charge in [-0.25, -0.2) is 14.3 Å². The maximum atomic E-state index is 11.3. The Morgan fingerprint density at radius 2 is 1.53 bits per heavy atom. The zero-order chi connectivity index (χ0) is 21.4. The van der Waals surface area contributed by atoms with E-state index in [1.54, 1.807) is 0 Å². The van der Waals surface area contributed by atoms with E-state index in [4.69, 9.17) is 5.73 Å². The molecule has 0 aromatic carbocycles. The molecule has 1 heterocycles. The lowest BCUT2D eigenvalue weighted by Crippen LogP contribution is -3.00. The summed E-state index contributed by atoms with van der Waals surface area (Å²) in [5.74, 6) is 0.0129. The van der Waals surface area contributed by atoms with Gasteiger partial charge in [0, 0.05) is 13.0 Å². The summed E-state index contributed by atoms with van der Waals surface area (Å²) in [4.78, 5) is 15.8. The van der Waals surface area contributed by atoms with Crippen molar-refractivity contribution in [3.8, 4) is 0 Å². The summed E-state index contributed by atoms with van der Waals surface area (Å²) in [6, 6.07) is 0. The van der Waals surface area contributed by atoms with E-state index < -0.39 is 5.97 Å². The lowest BCUT2D eigenvalue weighted by molar-refractivity contribution is -0.850. The standard InChI is InChI=1S/C24H45N3O2.ClH/c1-3-4-5-6-7-8-9-10-11-12-13-14-15-16-17-18-23-26-19-20-27(23,22(2)25)21-24(28)29;/h17-18,22H,3-16,19-21,25H2,1-2H3;1H. The Morgan fingerprint density at radius 1 is 1.03 bits per heavy atom. The van der Waals surface area contributed by atoms with E-state index in [9.17, 15) is 9.90 Å². The van der Waals surface area contributed by atoms with Crippen LogP contribution in [-0.4, -0.2) is 47.2 Å². The highest BCUT2D eigenvalue weighted by molar-refractivity contribution is 5.89. The monoisotopic (exact) mass is 443 g/mol. The molecule has 2 unspecified atom stereocenters. The van der Waals surface area contributed by atoms with Crippen LogP contribution in [0.5, 0.6) is 0 Å². The van der Waals surface area contributed by atoms with Crippen molar-refractivity contribution in [1.29, 1.82) is 0 Å². The smallest absolute Gasteiger partial charge is 0.359 e. The number of hydrogen-bond acceptors (Lipinski definition) is 3. The predicted octanol–water partition coefficient (Wildman–Crippen LogP) is 2.65. The lowest BCUT2D eigenvalue weighted by atomic mass is 10.0. The van der Waals surface area contributed by atoms with Crippen molar-refractivity contribution in [3.63, 3.8) is 0 Å². The second-order valence-corrected chi connectivity index (χ2v) is 8.72. The van der Waals surface area contributed by atoms with Crippen molar-refractivity contribution in [2.24, 2.45) is 10.7 Å². The van der Waals surface area contributed by atoms with Gasteiger partial charge >= 0.3 is 5.97 Å². The molecular weight excluding hydrogens is 398 g/mol. The number of aliphatic carboxylic acids is 1. The van der Waals surface area contributed by atoms with Crippen LogP contribution in [0, 0.1) is 0 Å². The Balaban J connectivity index is 0.00000841. The first-order chi connectivity index (χ1) is 14.0. The van der Waals surface area contributed by atoms with Crippen molar-refractivity contribution in [2.75, 3.05) is 19.6 Å². The number of carboxylic acid groups (broad SMARTS) is 1. The number of nitrogens with zero attached hydrogens (tertiary/aromatic N) is 2. The highest BCUT2D eigenvalue weighted by Gasteiger charge is 2.42. The highest BCUT2D eigenvalue weighted by atomic mass is 35.5. The third-order valence-electron chi connectivity index (χ3n) is 6.17. The van der Waals surface area contributed by atoms with E-state index >= 15 is 0 Å². The van der Waals surface area contributed by atoms with Gasteiger partial charge in [0.05, 0.1) is 6.54 Å². The number of nitrogens with two attached hydrogens (primary N) is 1. The summed E-state index contributed by atoms with van der Waals surface area (Å²) in [5, 5.41) is 9.26. The van der Waals surface area contributed by atoms with Gasteiger partial charge in [-0.3, -0.25) is 5.73 Å². The molecule has 0 aliphatic carbocycles. The first-order valence-corrected chi connectivity index (χ1v) is 12.1. The number of halogens is 1. The average molecular weight is 444 g/mol. The third-order valence-corrected chi connectivity index (χ3v) is 6.17. The van der Waals surface area contributed by atoms with Crippen molar-refractivity contribution in [2.45, 2.75) is 110 Å². The molecule has 2 atom stereocenters. The normalized spacial score (nSPS) is 19.6. The maximum Gasteiger partial charge on any atom is 0.359 e. The van der Waals surface area contributed by atoms with Gasteiger partial charge in [0.1, 0.15) is 12.7 Å². The second kappa shape index (κ2) is 17.7. The summed E-state index contributed by atoms with van der Waals surface area (Å²) in [6.07, 6.45) is 22.7. The zero-order valence-electron chi connectivity index (χ0n) is 19.5. The molecule has 176 valence electrons. The Bertz CT molecular complexity index is 509. The number of rotatable bonds is 18. The quantitative estimate of drug-likeness (QED) is 0.252. The molecule has 0 spiro atoms. The Hall–Kier alpha value is -0.910. The molecule has 0 fully saturated rings. The van der Waals surface area contributed by atoms with Gasteiger partial charge in [-0.05, 0) is 12.8 Å². The molecule has 1 rings (SSSR count). The minimum absolute atomic E-state index is 0. The summed E-state index contributed by atoms with van der Waals surface area (Å²) in [7, 11) is 0. The molecule has 0 aromatic rings. The number of carboxylic acids is 1. The number of carbonyl (C=O) groups is 1. The highest BCUT2D eigenvalue weighted by Crippen LogP contribution is 2.19. The first-order valence-electron chi connectivity index (χ1n) is 12.1. The van der Waals surface area contributed by atoms with Crippen LogP contribution >= 0.6 is 0 Å². The largest absolute Gasteiger partial charge is 1.00 e. The fraction of sp³-hybridized carbons (Fsp3) is 0.833. The van der Waals surface area contributed by atoms with E-state index in [0.29, 0.717) is 13.1 Å². The number of hydrogen-bond donors (Lipinski definition) is 2. The molecule has 0 aromatic heterocycles. The van der Waals surface area contributed by atoms with E-state index in [-0.39, 0.29) is 29.6 Å². The molecular formula is C24H46ClN3O2. The molecule has 0 amide bonds. The van der Waals surface area contributed by atoms with Crippen LogP contribution in [0.4, 0.5) is 0 Å². The molecule has 0 saturated carbocycles. The molecule has 0 saturated heterocycles. The first kappa shape index (κ1) is 29.1. The van der Waals surface area contributed by atoms with Crippen LogP contribution in [-0.2, 0) is 4.79 Å². The predicted molar refractivity (Wildman–Crippen MR) is 123 cm³/mol. The minimum Gasteiger partial charge on any atom is -1.00 e. The van der Waals surface area contributed by atoms with E-state index in [1.807, 2.05) is 13.0 Å². The fourth-order valence-electron chi connectivity index (χ4n) is 4.23. The number of quaternary nitrogens is 1. The van der Waals surface area contributed by atoms with Crippen molar-refractivity contribution >= 4 is 11.8 Å².